The van der Waals surface area contributed by atoms with E-state index in [2.05, 4.69) is 15.1 Å². The molecule has 20 heavy (non-hydrogen) atoms. The first-order valence-corrected chi connectivity index (χ1v) is 8.44. The molecule has 0 bridgehead atoms. The number of nitrogens with one attached hydrogen (secondary N) is 1. The fourth-order valence-electron chi connectivity index (χ4n) is 3.54. The second-order valence-corrected chi connectivity index (χ2v) is 6.45. The van der Waals surface area contributed by atoms with Gasteiger partial charge in [-0.15, -0.1) is 0 Å². The number of carbonyl (C=O) groups excluding carboxylic acids is 1. The molecule has 2 heterocycles. The average molecular weight is 281 g/mol. The van der Waals surface area contributed by atoms with Gasteiger partial charge in [-0.2, -0.15) is 0 Å². The predicted octanol–water partition coefficient (Wildman–Crippen LogP) is 1.71. The fraction of sp³-hybridized carbons (Fsp3) is 0.938. The average Bonchev–Trinajstić information content (AvgIpc) is 2.38. The number of rotatable bonds is 4. The Morgan fingerprint density at radius 1 is 1.05 bits per heavy atom. The molecule has 2 fully saturated rings. The van der Waals surface area contributed by atoms with E-state index in [9.17, 15) is 4.79 Å². The van der Waals surface area contributed by atoms with Gasteiger partial charge in [-0.3, -0.25) is 9.69 Å². The molecule has 2 rings (SSSR count). The van der Waals surface area contributed by atoms with Gasteiger partial charge in [-0.05, 0) is 51.7 Å². The topological polar surface area (TPSA) is 35.6 Å². The summed E-state index contributed by atoms with van der Waals surface area (Å²) < 4.78 is 0. The van der Waals surface area contributed by atoms with Crippen molar-refractivity contribution in [2.24, 2.45) is 5.92 Å². The van der Waals surface area contributed by atoms with Gasteiger partial charge in [-0.25, -0.2) is 0 Å². The lowest BCUT2D eigenvalue weighted by Crippen LogP contribution is -2.46. The summed E-state index contributed by atoms with van der Waals surface area (Å²) in [5.41, 5.74) is 0. The van der Waals surface area contributed by atoms with Crippen molar-refractivity contribution in [1.82, 2.24) is 15.1 Å². The molecule has 0 aromatic carbocycles. The predicted molar refractivity (Wildman–Crippen MR) is 82.8 cm³/mol. The van der Waals surface area contributed by atoms with Crippen LogP contribution in [0.2, 0.25) is 0 Å². The van der Waals surface area contributed by atoms with Crippen LogP contribution in [0.3, 0.4) is 0 Å². The molecule has 116 valence electrons. The van der Waals surface area contributed by atoms with Crippen LogP contribution in [0, 0.1) is 5.92 Å². The summed E-state index contributed by atoms with van der Waals surface area (Å²) in [6.07, 6.45) is 8.84. The first-order valence-electron chi connectivity index (χ1n) is 8.44. The first-order chi connectivity index (χ1) is 9.79. The maximum Gasteiger partial charge on any atom is 0.236 e. The summed E-state index contributed by atoms with van der Waals surface area (Å²) in [7, 11) is 2.02. The highest BCUT2D eigenvalue weighted by atomic mass is 16.2. The largest absolute Gasteiger partial charge is 0.342 e. The smallest absolute Gasteiger partial charge is 0.236 e. The maximum absolute atomic E-state index is 12.5. The Morgan fingerprint density at radius 2 is 1.75 bits per heavy atom. The van der Waals surface area contributed by atoms with Gasteiger partial charge in [0.15, 0.2) is 0 Å². The van der Waals surface area contributed by atoms with E-state index in [4.69, 9.17) is 0 Å². The summed E-state index contributed by atoms with van der Waals surface area (Å²) in [5, 5.41) is 3.27. The molecular weight excluding hydrogens is 250 g/mol. The third-order valence-electron chi connectivity index (χ3n) is 4.66. The molecular formula is C16H31N3O. The molecule has 4 nitrogen and oxygen atoms in total. The van der Waals surface area contributed by atoms with E-state index in [1.165, 1.54) is 44.9 Å². The Kier molecular flexibility index (Phi) is 6.80. The molecule has 4 heteroatoms. The zero-order valence-electron chi connectivity index (χ0n) is 13.1. The molecule has 1 atom stereocenters. The van der Waals surface area contributed by atoms with Crippen LogP contribution in [0.4, 0.5) is 0 Å². The minimum Gasteiger partial charge on any atom is -0.342 e. The number of nitrogens with zero attached hydrogens (tertiary/aromatic N) is 2. The molecule has 0 aliphatic carbocycles. The summed E-state index contributed by atoms with van der Waals surface area (Å²) in [5.74, 6) is 1.07. The van der Waals surface area contributed by atoms with Crippen LogP contribution in [-0.4, -0.2) is 62.0 Å². The van der Waals surface area contributed by atoms with E-state index < -0.39 is 0 Å². The molecule has 1 amide bonds. The highest BCUT2D eigenvalue weighted by molar-refractivity contribution is 5.78. The van der Waals surface area contributed by atoms with Gasteiger partial charge >= 0.3 is 0 Å². The zero-order chi connectivity index (χ0) is 14.2. The Morgan fingerprint density at radius 3 is 2.45 bits per heavy atom. The molecule has 0 saturated carbocycles. The van der Waals surface area contributed by atoms with Crippen molar-refractivity contribution < 1.29 is 4.79 Å². The van der Waals surface area contributed by atoms with Crippen LogP contribution < -0.4 is 5.32 Å². The number of amides is 1. The van der Waals surface area contributed by atoms with E-state index in [1.54, 1.807) is 0 Å². The van der Waals surface area contributed by atoms with E-state index >= 15 is 0 Å². The highest BCUT2D eigenvalue weighted by Gasteiger charge is 2.23. The van der Waals surface area contributed by atoms with Crippen molar-refractivity contribution in [3.8, 4) is 0 Å². The monoisotopic (exact) mass is 281 g/mol. The normalized spacial score (nSPS) is 26.1. The number of hydrogen-bond donors (Lipinski definition) is 1. The first kappa shape index (κ1) is 15.8. The molecule has 0 aromatic heterocycles. The lowest BCUT2D eigenvalue weighted by molar-refractivity contribution is -0.133. The van der Waals surface area contributed by atoms with Crippen molar-refractivity contribution in [2.45, 2.75) is 44.9 Å². The molecule has 1 unspecified atom stereocenters. The number of carbonyl (C=O) groups is 1. The minimum absolute atomic E-state index is 0.358. The number of likely N-dealkylation sites (tertiary alicyclic amines) is 2. The standard InChI is InChI=1S/C16H31N3O/c1-17-12-15-8-7-9-18(13-15)14-16(20)19-10-5-3-2-4-6-11-19/h15,17H,2-14H2,1H3. The Hall–Kier alpha value is -0.610. The second kappa shape index (κ2) is 8.63. The Bertz CT molecular complexity index is 285. The summed E-state index contributed by atoms with van der Waals surface area (Å²) >= 11 is 0. The van der Waals surface area contributed by atoms with Crippen LogP contribution in [0.15, 0.2) is 0 Å². The minimum atomic E-state index is 0.358. The van der Waals surface area contributed by atoms with Crippen LogP contribution in [-0.2, 0) is 4.79 Å². The molecule has 2 aliphatic rings. The summed E-state index contributed by atoms with van der Waals surface area (Å²) in [6, 6.07) is 0. The third-order valence-corrected chi connectivity index (χ3v) is 4.66. The van der Waals surface area contributed by atoms with Gasteiger partial charge in [-0.1, -0.05) is 19.3 Å². The van der Waals surface area contributed by atoms with Gasteiger partial charge in [0.25, 0.3) is 0 Å². The second-order valence-electron chi connectivity index (χ2n) is 6.45. The van der Waals surface area contributed by atoms with Gasteiger partial charge in [0.1, 0.15) is 0 Å². The molecule has 0 spiro atoms. The number of hydrogen-bond acceptors (Lipinski definition) is 3. The van der Waals surface area contributed by atoms with E-state index in [0.29, 0.717) is 18.4 Å². The van der Waals surface area contributed by atoms with Crippen molar-refractivity contribution in [1.29, 1.82) is 0 Å². The Balaban J connectivity index is 1.77. The maximum atomic E-state index is 12.5. The molecule has 0 radical (unpaired) electrons. The van der Waals surface area contributed by atoms with Crippen LogP contribution >= 0.6 is 0 Å². The summed E-state index contributed by atoms with van der Waals surface area (Å²) in [4.78, 5) is 16.9. The van der Waals surface area contributed by atoms with Gasteiger partial charge in [0.2, 0.25) is 5.91 Å². The molecule has 0 aromatic rings. The fourth-order valence-corrected chi connectivity index (χ4v) is 3.54. The van der Waals surface area contributed by atoms with Crippen molar-refractivity contribution in [3.05, 3.63) is 0 Å². The SMILES string of the molecule is CNCC1CCCN(CC(=O)N2CCCCCCC2)C1. The van der Waals surface area contributed by atoms with Crippen LogP contribution in [0.1, 0.15) is 44.9 Å². The summed E-state index contributed by atoms with van der Waals surface area (Å²) in [6.45, 7) is 5.86. The highest BCUT2D eigenvalue weighted by Crippen LogP contribution is 2.16. The van der Waals surface area contributed by atoms with Crippen molar-refractivity contribution in [3.63, 3.8) is 0 Å². The molecule has 1 N–H and O–H groups in total. The quantitative estimate of drug-likeness (QED) is 0.852. The van der Waals surface area contributed by atoms with Gasteiger partial charge in [0, 0.05) is 19.6 Å². The van der Waals surface area contributed by atoms with E-state index in [0.717, 1.165) is 32.7 Å². The Labute approximate surface area is 123 Å². The lowest BCUT2D eigenvalue weighted by atomic mass is 9.98. The lowest BCUT2D eigenvalue weighted by Gasteiger charge is -2.34. The van der Waals surface area contributed by atoms with Crippen LogP contribution in [0.5, 0.6) is 0 Å². The van der Waals surface area contributed by atoms with Crippen molar-refractivity contribution >= 4 is 5.91 Å². The van der Waals surface area contributed by atoms with E-state index in [-0.39, 0.29) is 0 Å². The molecule has 2 saturated heterocycles. The third kappa shape index (κ3) is 5.06. The number of piperidine rings is 1. The van der Waals surface area contributed by atoms with Gasteiger partial charge in [0.05, 0.1) is 6.54 Å². The van der Waals surface area contributed by atoms with Gasteiger partial charge < -0.3 is 10.2 Å². The van der Waals surface area contributed by atoms with Crippen LogP contribution in [0.25, 0.3) is 0 Å². The zero-order valence-corrected chi connectivity index (χ0v) is 13.1. The molecule has 2 aliphatic heterocycles. The van der Waals surface area contributed by atoms with E-state index in [1.807, 2.05) is 7.05 Å². The van der Waals surface area contributed by atoms with Crippen molar-refractivity contribution in [2.75, 3.05) is 46.3 Å².